The summed E-state index contributed by atoms with van der Waals surface area (Å²) in [6.45, 7) is 5.35. The number of amides is 1. The van der Waals surface area contributed by atoms with Crippen molar-refractivity contribution in [1.29, 1.82) is 0 Å². The lowest BCUT2D eigenvalue weighted by atomic mass is 10.1. The van der Waals surface area contributed by atoms with Crippen LogP contribution in [-0.4, -0.2) is 28.0 Å². The third-order valence-electron chi connectivity index (χ3n) is 4.76. The number of aryl methyl sites for hydroxylation is 3. The Balaban J connectivity index is 1.99. The van der Waals surface area contributed by atoms with Crippen LogP contribution in [0.5, 0.6) is 5.75 Å². The van der Waals surface area contributed by atoms with Gasteiger partial charge in [-0.3, -0.25) is 9.10 Å². The zero-order chi connectivity index (χ0) is 22.6. The van der Waals surface area contributed by atoms with Gasteiger partial charge in [-0.25, -0.2) is 8.42 Å². The van der Waals surface area contributed by atoms with Gasteiger partial charge in [0.05, 0.1) is 17.7 Å². The van der Waals surface area contributed by atoms with Crippen LogP contribution in [0.15, 0.2) is 71.6 Å². The van der Waals surface area contributed by atoms with E-state index in [-0.39, 0.29) is 4.90 Å². The van der Waals surface area contributed by atoms with Gasteiger partial charge < -0.3 is 10.1 Å². The van der Waals surface area contributed by atoms with Crippen LogP contribution in [0.2, 0.25) is 0 Å². The van der Waals surface area contributed by atoms with Crippen LogP contribution in [0.25, 0.3) is 0 Å². The molecule has 0 aliphatic carbocycles. The standard InChI is InChI=1S/C24H26N2O4S/c1-17-9-11-21(12-10-17)31(28,29)26(22-7-5-6-8-23(22)30-4)16-24(27)25-20-14-18(2)13-19(3)15-20/h5-15H,16H2,1-4H3,(H,25,27). The minimum atomic E-state index is -4.01. The molecule has 0 heterocycles. The lowest BCUT2D eigenvalue weighted by molar-refractivity contribution is -0.114. The molecule has 0 unspecified atom stereocenters. The highest BCUT2D eigenvalue weighted by molar-refractivity contribution is 7.92. The third-order valence-corrected chi connectivity index (χ3v) is 6.53. The molecule has 6 nitrogen and oxygen atoms in total. The molecule has 162 valence electrons. The maximum absolute atomic E-state index is 13.5. The van der Waals surface area contributed by atoms with E-state index in [1.165, 1.54) is 19.2 Å². The van der Waals surface area contributed by atoms with E-state index >= 15 is 0 Å². The predicted octanol–water partition coefficient (Wildman–Crippen LogP) is 4.45. The summed E-state index contributed by atoms with van der Waals surface area (Å²) >= 11 is 0. The van der Waals surface area contributed by atoms with Crippen LogP contribution in [-0.2, 0) is 14.8 Å². The van der Waals surface area contributed by atoms with Crippen LogP contribution < -0.4 is 14.4 Å². The highest BCUT2D eigenvalue weighted by Gasteiger charge is 2.29. The number of hydrogen-bond donors (Lipinski definition) is 1. The van der Waals surface area contributed by atoms with E-state index in [0.717, 1.165) is 21.0 Å². The fraction of sp³-hybridized carbons (Fsp3) is 0.208. The quantitative estimate of drug-likeness (QED) is 0.591. The van der Waals surface area contributed by atoms with Crippen LogP contribution in [0.4, 0.5) is 11.4 Å². The molecule has 1 amide bonds. The molecule has 7 heteroatoms. The molecule has 0 saturated carbocycles. The van der Waals surface area contributed by atoms with Crippen LogP contribution in [0, 0.1) is 20.8 Å². The lowest BCUT2D eigenvalue weighted by Crippen LogP contribution is -2.38. The topological polar surface area (TPSA) is 75.7 Å². The van der Waals surface area contributed by atoms with Crippen molar-refractivity contribution < 1.29 is 17.9 Å². The van der Waals surface area contributed by atoms with Crippen LogP contribution in [0.1, 0.15) is 16.7 Å². The molecule has 31 heavy (non-hydrogen) atoms. The number of nitrogens with one attached hydrogen (secondary N) is 1. The number of para-hydroxylation sites is 2. The fourth-order valence-electron chi connectivity index (χ4n) is 3.35. The average molecular weight is 439 g/mol. The van der Waals surface area contributed by atoms with Crippen molar-refractivity contribution in [2.75, 3.05) is 23.3 Å². The van der Waals surface area contributed by atoms with Gasteiger partial charge in [-0.05, 0) is 68.3 Å². The van der Waals surface area contributed by atoms with Crippen molar-refractivity contribution in [3.05, 3.63) is 83.4 Å². The van der Waals surface area contributed by atoms with Gasteiger partial charge in [0.2, 0.25) is 5.91 Å². The van der Waals surface area contributed by atoms with Gasteiger partial charge in [0.15, 0.2) is 0 Å². The van der Waals surface area contributed by atoms with E-state index in [4.69, 9.17) is 4.74 Å². The molecule has 3 aromatic carbocycles. The minimum absolute atomic E-state index is 0.100. The second kappa shape index (κ2) is 9.22. The first-order valence-corrected chi connectivity index (χ1v) is 11.3. The molecule has 0 aliphatic rings. The first-order chi connectivity index (χ1) is 14.7. The summed E-state index contributed by atoms with van der Waals surface area (Å²) in [6.07, 6.45) is 0. The van der Waals surface area contributed by atoms with Gasteiger partial charge in [-0.2, -0.15) is 0 Å². The fourth-order valence-corrected chi connectivity index (χ4v) is 4.78. The molecule has 0 saturated heterocycles. The number of rotatable bonds is 7. The van der Waals surface area contributed by atoms with Gasteiger partial charge >= 0.3 is 0 Å². The smallest absolute Gasteiger partial charge is 0.264 e. The van der Waals surface area contributed by atoms with Crippen LogP contribution >= 0.6 is 0 Å². The summed E-state index contributed by atoms with van der Waals surface area (Å²) in [4.78, 5) is 13.0. The number of anilines is 2. The Morgan fingerprint density at radius 2 is 1.52 bits per heavy atom. The highest BCUT2D eigenvalue weighted by atomic mass is 32.2. The Morgan fingerprint density at radius 1 is 0.903 bits per heavy atom. The second-order valence-electron chi connectivity index (χ2n) is 7.42. The molecule has 0 bridgehead atoms. The predicted molar refractivity (Wildman–Crippen MR) is 123 cm³/mol. The molecule has 0 fully saturated rings. The first kappa shape index (κ1) is 22.4. The zero-order valence-corrected chi connectivity index (χ0v) is 18.9. The normalized spacial score (nSPS) is 11.1. The number of ether oxygens (including phenoxy) is 1. The maximum Gasteiger partial charge on any atom is 0.264 e. The van der Waals surface area contributed by atoms with Gasteiger partial charge in [-0.15, -0.1) is 0 Å². The van der Waals surface area contributed by atoms with Crippen molar-refractivity contribution in [1.82, 2.24) is 0 Å². The molecule has 0 aromatic heterocycles. The van der Waals surface area contributed by atoms with E-state index < -0.39 is 22.5 Å². The molecule has 3 rings (SSSR count). The summed E-state index contributed by atoms with van der Waals surface area (Å²) < 4.78 is 33.4. The van der Waals surface area contributed by atoms with Gasteiger partial charge in [0.25, 0.3) is 10.0 Å². The van der Waals surface area contributed by atoms with E-state index in [1.807, 2.05) is 39.0 Å². The molecule has 1 N–H and O–H groups in total. The molecule has 0 aliphatic heterocycles. The van der Waals surface area contributed by atoms with Gasteiger partial charge in [0.1, 0.15) is 12.3 Å². The molecule has 3 aromatic rings. The zero-order valence-electron chi connectivity index (χ0n) is 18.0. The van der Waals surface area contributed by atoms with Crippen molar-refractivity contribution in [3.8, 4) is 5.75 Å². The Kier molecular flexibility index (Phi) is 6.65. The molecular weight excluding hydrogens is 412 g/mol. The number of nitrogens with zero attached hydrogens (tertiary/aromatic N) is 1. The van der Waals surface area contributed by atoms with E-state index in [0.29, 0.717) is 17.1 Å². The first-order valence-electron chi connectivity index (χ1n) is 9.81. The third kappa shape index (κ3) is 5.24. The minimum Gasteiger partial charge on any atom is -0.495 e. The number of sulfonamides is 1. The second-order valence-corrected chi connectivity index (χ2v) is 9.28. The Bertz CT molecular complexity index is 1170. The van der Waals surface area contributed by atoms with Crippen molar-refractivity contribution in [2.24, 2.45) is 0 Å². The maximum atomic E-state index is 13.5. The Labute approximate surface area is 183 Å². The summed E-state index contributed by atoms with van der Waals surface area (Å²) in [5.74, 6) is -0.0935. The van der Waals surface area contributed by atoms with E-state index in [2.05, 4.69) is 5.32 Å². The van der Waals surface area contributed by atoms with Crippen LogP contribution in [0.3, 0.4) is 0 Å². The summed E-state index contributed by atoms with van der Waals surface area (Å²) in [6, 6.07) is 18.9. The van der Waals surface area contributed by atoms with Gasteiger partial charge in [0, 0.05) is 5.69 Å². The van der Waals surface area contributed by atoms with E-state index in [9.17, 15) is 13.2 Å². The molecule has 0 spiro atoms. The van der Waals surface area contributed by atoms with Crippen molar-refractivity contribution in [2.45, 2.75) is 25.7 Å². The van der Waals surface area contributed by atoms with Crippen molar-refractivity contribution in [3.63, 3.8) is 0 Å². The largest absolute Gasteiger partial charge is 0.495 e. The lowest BCUT2D eigenvalue weighted by Gasteiger charge is -2.25. The SMILES string of the molecule is COc1ccccc1N(CC(=O)Nc1cc(C)cc(C)c1)S(=O)(=O)c1ccc(C)cc1. The molecule has 0 radical (unpaired) electrons. The molecule has 0 atom stereocenters. The number of carbonyl (C=O) groups is 1. The number of methoxy groups -OCH3 is 1. The monoisotopic (exact) mass is 438 g/mol. The summed E-state index contributed by atoms with van der Waals surface area (Å²) in [7, 11) is -2.55. The molecular formula is C24H26N2O4S. The summed E-state index contributed by atoms with van der Waals surface area (Å²) in [5, 5.41) is 2.81. The summed E-state index contributed by atoms with van der Waals surface area (Å²) in [5.41, 5.74) is 3.86. The van der Waals surface area contributed by atoms with Crippen molar-refractivity contribution >= 4 is 27.3 Å². The number of carbonyl (C=O) groups excluding carboxylic acids is 1. The Hall–Kier alpha value is -3.32. The average Bonchev–Trinajstić information content (AvgIpc) is 2.71. The highest BCUT2D eigenvalue weighted by Crippen LogP contribution is 2.32. The van der Waals surface area contributed by atoms with Gasteiger partial charge in [-0.1, -0.05) is 35.9 Å². The van der Waals surface area contributed by atoms with E-state index in [1.54, 1.807) is 36.4 Å². The number of benzene rings is 3. The Morgan fingerprint density at radius 3 is 2.13 bits per heavy atom. The number of hydrogen-bond acceptors (Lipinski definition) is 4.